The topological polar surface area (TPSA) is 270 Å². The second-order valence-electron chi connectivity index (χ2n) is 5.48. The van der Waals surface area contributed by atoms with Gasteiger partial charge in [0.1, 0.15) is 24.1 Å². The molecule has 0 aromatic carbocycles. The molecule has 1 aromatic heterocycles. The van der Waals surface area contributed by atoms with Crippen LogP contribution in [0.15, 0.2) is 17.1 Å². The van der Waals surface area contributed by atoms with E-state index >= 15 is 0 Å². The molecule has 3 unspecified atom stereocenters. The second kappa shape index (κ2) is 8.61. The standard InChI is InChI=1S/C9H16N3O14P3/c10-5-1-2-12(9(15)11-5)8-7(14)6(13)4(24-8)3-23-28(19,20)26-29(21,22)25-27(16,17)18/h1-2,4,6-8,13-14H,3H2,(H,19,20)(H,21,22)(H2,10,11,15)(H2,16,17,18)/t4-,6+,7?,8+/m1/s1. The molecule has 0 amide bonds. The minimum atomic E-state index is -5.71. The lowest BCUT2D eigenvalue weighted by Gasteiger charge is -2.19. The second-order valence-corrected chi connectivity index (χ2v) is 9.90. The van der Waals surface area contributed by atoms with Crippen molar-refractivity contribution in [3.63, 3.8) is 0 Å². The molecule has 1 aromatic rings. The highest BCUT2D eigenvalue weighted by atomic mass is 31.3. The van der Waals surface area contributed by atoms with E-state index in [0.717, 1.165) is 10.8 Å². The van der Waals surface area contributed by atoms with Crippen LogP contribution in [-0.2, 0) is 31.6 Å². The fourth-order valence-electron chi connectivity index (χ4n) is 2.19. The average Bonchev–Trinajstić information content (AvgIpc) is 2.78. The van der Waals surface area contributed by atoms with Gasteiger partial charge in [-0.3, -0.25) is 9.09 Å². The average molecular weight is 483 g/mol. The first-order valence-electron chi connectivity index (χ1n) is 7.25. The van der Waals surface area contributed by atoms with Crippen molar-refractivity contribution in [1.29, 1.82) is 0 Å². The summed E-state index contributed by atoms with van der Waals surface area (Å²) in [6.45, 7) is -1.02. The SMILES string of the molecule is Nc1ccn([C@H]2O[C@H](COP(=O)(O)OP(=O)(O)OP(=O)(O)O)[C@H](O)C2O)c(=O)n1. The highest BCUT2D eigenvalue weighted by Crippen LogP contribution is 2.66. The summed E-state index contributed by atoms with van der Waals surface area (Å²) in [5, 5.41) is 20.0. The highest BCUT2D eigenvalue weighted by Gasteiger charge is 2.46. The van der Waals surface area contributed by atoms with Gasteiger partial charge in [-0.15, -0.1) is 0 Å². The third kappa shape index (κ3) is 6.73. The number of ether oxygens (including phenoxy) is 1. The summed E-state index contributed by atoms with van der Waals surface area (Å²) in [5.41, 5.74) is 4.39. The monoisotopic (exact) mass is 483 g/mol. The van der Waals surface area contributed by atoms with Gasteiger partial charge in [0, 0.05) is 6.20 Å². The number of aliphatic hydroxyl groups excluding tert-OH is 2. The highest BCUT2D eigenvalue weighted by molar-refractivity contribution is 7.66. The minimum Gasteiger partial charge on any atom is -0.387 e. The van der Waals surface area contributed by atoms with E-state index in [1.54, 1.807) is 0 Å². The molecule has 6 atom stereocenters. The third-order valence-corrected chi connectivity index (χ3v) is 7.08. The van der Waals surface area contributed by atoms with Crippen LogP contribution in [-0.4, -0.2) is 64.3 Å². The van der Waals surface area contributed by atoms with Crippen LogP contribution >= 0.6 is 23.5 Å². The third-order valence-electron chi connectivity index (χ3n) is 3.28. The molecule has 20 heteroatoms. The molecule has 1 saturated heterocycles. The molecule has 2 heterocycles. The molecular weight excluding hydrogens is 467 g/mol. The smallest absolute Gasteiger partial charge is 0.387 e. The van der Waals surface area contributed by atoms with Crippen molar-refractivity contribution in [3.05, 3.63) is 22.7 Å². The van der Waals surface area contributed by atoms with Crippen molar-refractivity contribution in [2.75, 3.05) is 12.3 Å². The summed E-state index contributed by atoms with van der Waals surface area (Å²) in [5.74, 6) is -0.122. The molecule has 166 valence electrons. The van der Waals surface area contributed by atoms with Gasteiger partial charge >= 0.3 is 29.2 Å². The van der Waals surface area contributed by atoms with Gasteiger partial charge in [-0.2, -0.15) is 13.6 Å². The summed E-state index contributed by atoms with van der Waals surface area (Å²) in [4.78, 5) is 50.5. The molecule has 8 N–H and O–H groups in total. The lowest BCUT2D eigenvalue weighted by atomic mass is 10.1. The maximum Gasteiger partial charge on any atom is 0.490 e. The van der Waals surface area contributed by atoms with Gasteiger partial charge in [-0.05, 0) is 6.07 Å². The number of phosphoric acid groups is 3. The Balaban J connectivity index is 2.05. The van der Waals surface area contributed by atoms with Crippen LogP contribution in [0.3, 0.4) is 0 Å². The van der Waals surface area contributed by atoms with E-state index in [9.17, 15) is 33.6 Å². The Bertz CT molecular complexity index is 946. The van der Waals surface area contributed by atoms with Gasteiger partial charge in [-0.1, -0.05) is 0 Å². The molecule has 0 radical (unpaired) electrons. The van der Waals surface area contributed by atoms with Gasteiger partial charge in [0.15, 0.2) is 6.23 Å². The van der Waals surface area contributed by atoms with Crippen molar-refractivity contribution in [3.8, 4) is 0 Å². The molecule has 1 fully saturated rings. The largest absolute Gasteiger partial charge is 0.490 e. The molecule has 1 aliphatic rings. The Morgan fingerprint density at radius 2 is 1.72 bits per heavy atom. The predicted molar refractivity (Wildman–Crippen MR) is 88.6 cm³/mol. The van der Waals surface area contributed by atoms with Gasteiger partial charge in [0.25, 0.3) is 0 Å². The maximum absolute atomic E-state index is 11.8. The number of phosphoric ester groups is 1. The fourth-order valence-corrected chi connectivity index (χ4v) is 5.22. The summed E-state index contributed by atoms with van der Waals surface area (Å²) in [6, 6.07) is 1.20. The van der Waals surface area contributed by atoms with Gasteiger partial charge in [-0.25, -0.2) is 18.5 Å². The first-order chi connectivity index (χ1) is 13.1. The number of aliphatic hydroxyl groups is 2. The summed E-state index contributed by atoms with van der Waals surface area (Å²) in [6.07, 6.45) is -5.38. The number of hydrogen-bond donors (Lipinski definition) is 7. The number of aromatic nitrogens is 2. The van der Waals surface area contributed by atoms with Crippen LogP contribution in [0.5, 0.6) is 0 Å². The molecular formula is C9H16N3O14P3. The van der Waals surface area contributed by atoms with E-state index in [2.05, 4.69) is 18.1 Å². The van der Waals surface area contributed by atoms with Crippen LogP contribution in [0.2, 0.25) is 0 Å². The predicted octanol–water partition coefficient (Wildman–Crippen LogP) is -2.21. The van der Waals surface area contributed by atoms with E-state index in [4.69, 9.17) is 25.2 Å². The van der Waals surface area contributed by atoms with E-state index in [1.807, 2.05) is 0 Å². The van der Waals surface area contributed by atoms with Gasteiger partial charge < -0.3 is 40.3 Å². The Labute approximate surface area is 160 Å². The normalized spacial score (nSPS) is 29.3. The number of nitrogens with two attached hydrogens (primary N) is 1. The molecule has 0 spiro atoms. The number of anilines is 1. The Morgan fingerprint density at radius 3 is 2.28 bits per heavy atom. The lowest BCUT2D eigenvalue weighted by Crippen LogP contribution is -2.36. The van der Waals surface area contributed by atoms with Crippen LogP contribution in [0.4, 0.5) is 5.82 Å². The zero-order valence-electron chi connectivity index (χ0n) is 13.9. The molecule has 0 saturated carbocycles. The van der Waals surface area contributed by atoms with Crippen molar-refractivity contribution in [2.45, 2.75) is 24.5 Å². The first-order valence-corrected chi connectivity index (χ1v) is 11.8. The summed E-state index contributed by atoms with van der Waals surface area (Å²) < 4.78 is 50.8. The van der Waals surface area contributed by atoms with Crippen LogP contribution < -0.4 is 11.4 Å². The molecule has 1 aliphatic heterocycles. The molecule has 0 aliphatic carbocycles. The fraction of sp³-hybridized carbons (Fsp3) is 0.556. The number of rotatable bonds is 8. The quantitative estimate of drug-likeness (QED) is 0.193. The number of hydrogen-bond acceptors (Lipinski definition) is 12. The van der Waals surface area contributed by atoms with Gasteiger partial charge in [0.05, 0.1) is 6.61 Å². The van der Waals surface area contributed by atoms with E-state index in [-0.39, 0.29) is 5.82 Å². The minimum absolute atomic E-state index is 0.122. The molecule has 17 nitrogen and oxygen atoms in total. The molecule has 2 rings (SSSR count). The van der Waals surface area contributed by atoms with E-state index in [1.165, 1.54) is 6.07 Å². The Hall–Kier alpha value is -1.03. The summed E-state index contributed by atoms with van der Waals surface area (Å²) in [7, 11) is -16.7. The number of nitrogen functional groups attached to an aromatic ring is 1. The lowest BCUT2D eigenvalue weighted by molar-refractivity contribution is -0.0541. The zero-order valence-corrected chi connectivity index (χ0v) is 16.6. The molecule has 0 bridgehead atoms. The van der Waals surface area contributed by atoms with E-state index < -0.39 is 60.3 Å². The Kier molecular flexibility index (Phi) is 7.20. The van der Waals surface area contributed by atoms with Crippen LogP contribution in [0.25, 0.3) is 0 Å². The Morgan fingerprint density at radius 1 is 1.10 bits per heavy atom. The van der Waals surface area contributed by atoms with Crippen LogP contribution in [0.1, 0.15) is 6.23 Å². The summed E-state index contributed by atoms with van der Waals surface area (Å²) >= 11 is 0. The van der Waals surface area contributed by atoms with Crippen LogP contribution in [0, 0.1) is 0 Å². The van der Waals surface area contributed by atoms with E-state index in [0.29, 0.717) is 0 Å². The van der Waals surface area contributed by atoms with Gasteiger partial charge in [0.2, 0.25) is 0 Å². The van der Waals surface area contributed by atoms with Crippen molar-refractivity contribution >= 4 is 29.3 Å². The zero-order chi connectivity index (χ0) is 22.2. The van der Waals surface area contributed by atoms with Crippen molar-refractivity contribution < 1.29 is 61.4 Å². The first kappa shape index (κ1) is 24.2. The van der Waals surface area contributed by atoms with Crippen molar-refractivity contribution in [1.82, 2.24) is 9.55 Å². The maximum atomic E-state index is 11.8. The van der Waals surface area contributed by atoms with Crippen molar-refractivity contribution in [2.24, 2.45) is 0 Å². The number of nitrogens with zero attached hydrogens (tertiary/aromatic N) is 2. The molecule has 29 heavy (non-hydrogen) atoms.